The third-order valence-corrected chi connectivity index (χ3v) is 3.65. The Balaban J connectivity index is 2.13. The van der Waals surface area contributed by atoms with Crippen molar-refractivity contribution in [1.29, 1.82) is 0 Å². The third-order valence-electron chi connectivity index (χ3n) is 3.36. The lowest BCUT2D eigenvalue weighted by atomic mass is 9.98. The smallest absolute Gasteiger partial charge is 0.145 e. The highest BCUT2D eigenvalue weighted by molar-refractivity contribution is 6.30. The van der Waals surface area contributed by atoms with E-state index in [1.54, 1.807) is 18.2 Å². The van der Waals surface area contributed by atoms with E-state index < -0.39 is 0 Å². The minimum absolute atomic E-state index is 0.0322. The van der Waals surface area contributed by atoms with E-state index in [-0.39, 0.29) is 22.7 Å². The molecule has 112 valence electrons. The first-order valence-electron chi connectivity index (χ1n) is 7.01. The van der Waals surface area contributed by atoms with E-state index in [1.165, 1.54) is 18.2 Å². The van der Waals surface area contributed by atoms with Gasteiger partial charge in [0.1, 0.15) is 11.6 Å². The maximum absolute atomic E-state index is 14.0. The Bertz CT molecular complexity index is 601. The molecule has 0 aliphatic rings. The van der Waals surface area contributed by atoms with Crippen LogP contribution in [-0.2, 0) is 12.8 Å². The predicted molar refractivity (Wildman–Crippen MR) is 82.7 cm³/mol. The molecule has 2 aromatic carbocycles. The number of rotatable bonds is 6. The average Bonchev–Trinajstić information content (AvgIpc) is 2.44. The molecule has 0 fully saturated rings. The molecule has 1 nitrogen and oxygen atoms in total. The Morgan fingerprint density at radius 1 is 1.10 bits per heavy atom. The van der Waals surface area contributed by atoms with Gasteiger partial charge in [-0.05, 0) is 48.7 Å². The second-order valence-electron chi connectivity index (χ2n) is 5.01. The molecule has 1 N–H and O–H groups in total. The van der Waals surface area contributed by atoms with Crippen molar-refractivity contribution in [2.24, 2.45) is 0 Å². The molecule has 4 heteroatoms. The zero-order valence-electron chi connectivity index (χ0n) is 11.9. The molecule has 1 unspecified atom stereocenters. The van der Waals surface area contributed by atoms with E-state index in [1.807, 2.05) is 13.0 Å². The Hall–Kier alpha value is -1.45. The number of likely N-dealkylation sites (N-methyl/N-ethyl adjacent to an activating group) is 1. The van der Waals surface area contributed by atoms with Gasteiger partial charge in [0, 0.05) is 6.04 Å². The second kappa shape index (κ2) is 7.53. The minimum Gasteiger partial charge on any atom is -0.314 e. The highest BCUT2D eigenvalue weighted by Gasteiger charge is 2.14. The van der Waals surface area contributed by atoms with Gasteiger partial charge < -0.3 is 5.32 Å². The minimum atomic E-state index is -0.374. The lowest BCUT2D eigenvalue weighted by Crippen LogP contribution is -2.33. The number of hydrogen-bond donors (Lipinski definition) is 1. The van der Waals surface area contributed by atoms with Crippen molar-refractivity contribution in [1.82, 2.24) is 5.32 Å². The molecule has 21 heavy (non-hydrogen) atoms. The molecular formula is C17H18ClF2N. The van der Waals surface area contributed by atoms with Crippen LogP contribution in [0.1, 0.15) is 18.1 Å². The summed E-state index contributed by atoms with van der Waals surface area (Å²) in [5.41, 5.74) is 1.47. The summed E-state index contributed by atoms with van der Waals surface area (Å²) in [5.74, 6) is -0.627. The van der Waals surface area contributed by atoms with Crippen molar-refractivity contribution < 1.29 is 8.78 Å². The van der Waals surface area contributed by atoms with Crippen LogP contribution in [0.2, 0.25) is 5.02 Å². The molecule has 2 aromatic rings. The van der Waals surface area contributed by atoms with Gasteiger partial charge >= 0.3 is 0 Å². The lowest BCUT2D eigenvalue weighted by Gasteiger charge is -2.19. The topological polar surface area (TPSA) is 12.0 Å². The van der Waals surface area contributed by atoms with Crippen LogP contribution in [0.5, 0.6) is 0 Å². The fraction of sp³-hybridized carbons (Fsp3) is 0.294. The maximum Gasteiger partial charge on any atom is 0.145 e. The van der Waals surface area contributed by atoms with Crippen LogP contribution in [0.25, 0.3) is 0 Å². The van der Waals surface area contributed by atoms with Crippen LogP contribution >= 0.6 is 11.6 Å². The molecule has 0 amide bonds. The zero-order valence-corrected chi connectivity index (χ0v) is 12.6. The fourth-order valence-electron chi connectivity index (χ4n) is 2.43. The summed E-state index contributed by atoms with van der Waals surface area (Å²) in [6.07, 6.45) is 1.15. The maximum atomic E-state index is 14.0. The molecule has 0 aromatic heterocycles. The average molecular weight is 310 g/mol. The van der Waals surface area contributed by atoms with Gasteiger partial charge in [-0.2, -0.15) is 0 Å². The van der Waals surface area contributed by atoms with E-state index in [9.17, 15) is 8.78 Å². The number of benzene rings is 2. The SMILES string of the molecule is CCNC(Cc1cccc(F)c1)Cc1cccc(Cl)c1F. The van der Waals surface area contributed by atoms with Crippen LogP contribution in [0.4, 0.5) is 8.78 Å². The summed E-state index contributed by atoms with van der Waals surface area (Å²) >= 11 is 5.81. The second-order valence-corrected chi connectivity index (χ2v) is 5.41. The predicted octanol–water partition coefficient (Wildman–Crippen LogP) is 4.38. The summed E-state index contributed by atoms with van der Waals surface area (Å²) in [5, 5.41) is 3.45. The summed E-state index contributed by atoms with van der Waals surface area (Å²) in [7, 11) is 0. The van der Waals surface area contributed by atoms with Crippen LogP contribution in [0.15, 0.2) is 42.5 Å². The monoisotopic (exact) mass is 309 g/mol. The molecule has 0 spiro atoms. The third kappa shape index (κ3) is 4.51. The summed E-state index contributed by atoms with van der Waals surface area (Å²) in [6, 6.07) is 11.5. The van der Waals surface area contributed by atoms with Crippen molar-refractivity contribution in [3.05, 3.63) is 70.2 Å². The first-order valence-corrected chi connectivity index (χ1v) is 7.38. The molecule has 0 bridgehead atoms. The number of nitrogens with one attached hydrogen (secondary N) is 1. The van der Waals surface area contributed by atoms with E-state index in [0.717, 1.165) is 12.1 Å². The van der Waals surface area contributed by atoms with Crippen molar-refractivity contribution in [3.8, 4) is 0 Å². The Kier molecular flexibility index (Phi) is 5.71. The van der Waals surface area contributed by atoms with Crippen molar-refractivity contribution in [2.75, 3.05) is 6.54 Å². The molecule has 2 rings (SSSR count). The molecule has 0 aliphatic carbocycles. The van der Waals surface area contributed by atoms with Gasteiger partial charge in [0.25, 0.3) is 0 Å². The van der Waals surface area contributed by atoms with Crippen molar-refractivity contribution >= 4 is 11.6 Å². The zero-order chi connectivity index (χ0) is 15.2. The number of hydrogen-bond acceptors (Lipinski definition) is 1. The van der Waals surface area contributed by atoms with Crippen molar-refractivity contribution in [2.45, 2.75) is 25.8 Å². The Morgan fingerprint density at radius 3 is 2.57 bits per heavy atom. The standard InChI is InChI=1S/C17H18ClF2N/c1-2-21-15(10-12-5-3-7-14(19)9-12)11-13-6-4-8-16(18)17(13)20/h3-9,15,21H,2,10-11H2,1H3. The van der Waals surface area contributed by atoms with Gasteiger partial charge in [0.05, 0.1) is 5.02 Å². The van der Waals surface area contributed by atoms with Crippen LogP contribution in [0.3, 0.4) is 0 Å². The van der Waals surface area contributed by atoms with E-state index in [0.29, 0.717) is 18.4 Å². The lowest BCUT2D eigenvalue weighted by molar-refractivity contribution is 0.504. The largest absolute Gasteiger partial charge is 0.314 e. The van der Waals surface area contributed by atoms with Crippen molar-refractivity contribution in [3.63, 3.8) is 0 Å². The molecule has 0 saturated heterocycles. The van der Waals surface area contributed by atoms with Gasteiger partial charge in [-0.3, -0.25) is 0 Å². The van der Waals surface area contributed by atoms with Gasteiger partial charge in [0.2, 0.25) is 0 Å². The molecule has 1 atom stereocenters. The first-order chi connectivity index (χ1) is 10.1. The van der Waals surface area contributed by atoms with E-state index in [2.05, 4.69) is 5.32 Å². The van der Waals surface area contributed by atoms with Crippen LogP contribution in [-0.4, -0.2) is 12.6 Å². The van der Waals surface area contributed by atoms with Crippen LogP contribution in [0, 0.1) is 11.6 Å². The fourth-order valence-corrected chi connectivity index (χ4v) is 2.62. The summed E-state index contributed by atoms with van der Waals surface area (Å²) in [4.78, 5) is 0. The highest BCUT2D eigenvalue weighted by atomic mass is 35.5. The number of halogens is 3. The molecule has 0 radical (unpaired) electrons. The van der Waals surface area contributed by atoms with E-state index in [4.69, 9.17) is 11.6 Å². The van der Waals surface area contributed by atoms with Gasteiger partial charge in [-0.25, -0.2) is 8.78 Å². The molecule has 0 heterocycles. The summed E-state index contributed by atoms with van der Waals surface area (Å²) in [6.45, 7) is 2.76. The molecule has 0 saturated carbocycles. The molecule has 0 aliphatic heterocycles. The Morgan fingerprint density at radius 2 is 1.86 bits per heavy atom. The molecular weight excluding hydrogens is 292 g/mol. The van der Waals surface area contributed by atoms with Gasteiger partial charge in [-0.15, -0.1) is 0 Å². The first kappa shape index (κ1) is 15.9. The van der Waals surface area contributed by atoms with E-state index >= 15 is 0 Å². The normalized spacial score (nSPS) is 12.4. The summed E-state index contributed by atoms with van der Waals surface area (Å²) < 4.78 is 27.2. The van der Waals surface area contributed by atoms with Gasteiger partial charge in [-0.1, -0.05) is 42.8 Å². The van der Waals surface area contributed by atoms with Gasteiger partial charge in [0.15, 0.2) is 0 Å². The highest BCUT2D eigenvalue weighted by Crippen LogP contribution is 2.20. The Labute approximate surface area is 128 Å². The quantitative estimate of drug-likeness (QED) is 0.835. The van der Waals surface area contributed by atoms with Crippen LogP contribution < -0.4 is 5.32 Å².